The summed E-state index contributed by atoms with van der Waals surface area (Å²) in [6, 6.07) is 25.9. The highest BCUT2D eigenvalue weighted by Gasteiger charge is 2.28. The van der Waals surface area contributed by atoms with Crippen LogP contribution in [-0.4, -0.2) is 61.7 Å². The minimum Gasteiger partial charge on any atom is -0.497 e. The Balaban J connectivity index is 1.53. The molecule has 0 saturated carbocycles. The zero-order chi connectivity index (χ0) is 26.5. The van der Waals surface area contributed by atoms with Gasteiger partial charge in [0.2, 0.25) is 5.88 Å². The topological polar surface area (TPSA) is 62.1 Å². The molecule has 38 heavy (non-hydrogen) atoms. The monoisotopic (exact) mass is 510 g/mol. The van der Waals surface area contributed by atoms with E-state index in [1.165, 1.54) is 11.1 Å². The van der Waals surface area contributed by atoms with E-state index in [2.05, 4.69) is 39.2 Å². The van der Waals surface area contributed by atoms with Gasteiger partial charge in [0, 0.05) is 37.3 Å². The number of rotatable bonds is 9. The molecule has 196 valence electrons. The van der Waals surface area contributed by atoms with Crippen molar-refractivity contribution in [1.29, 1.82) is 0 Å². The molecule has 7 heteroatoms. The lowest BCUT2D eigenvalue weighted by Crippen LogP contribution is -2.37. The third-order valence-electron chi connectivity index (χ3n) is 7.00. The van der Waals surface area contributed by atoms with E-state index in [4.69, 9.17) is 9.26 Å². The largest absolute Gasteiger partial charge is 0.497 e. The number of hydrogen-bond acceptors (Lipinski definition) is 6. The van der Waals surface area contributed by atoms with Crippen molar-refractivity contribution in [1.82, 2.24) is 15.0 Å². The molecule has 0 atom stereocenters. The van der Waals surface area contributed by atoms with Gasteiger partial charge in [-0.15, -0.1) is 0 Å². The smallest absolute Gasteiger partial charge is 0.254 e. The van der Waals surface area contributed by atoms with E-state index in [0.29, 0.717) is 24.4 Å². The molecule has 2 heterocycles. The number of ether oxygens (including phenoxy) is 1. The predicted octanol–water partition coefficient (Wildman–Crippen LogP) is 5.12. The first-order chi connectivity index (χ1) is 18.5. The quantitative estimate of drug-likeness (QED) is 0.312. The van der Waals surface area contributed by atoms with Crippen LogP contribution in [0.4, 0.5) is 5.88 Å². The van der Waals surface area contributed by atoms with Gasteiger partial charge in [-0.2, -0.15) is 0 Å². The van der Waals surface area contributed by atoms with Crippen molar-refractivity contribution in [3.8, 4) is 17.0 Å². The van der Waals surface area contributed by atoms with Gasteiger partial charge in [-0.25, -0.2) is 0 Å². The van der Waals surface area contributed by atoms with Gasteiger partial charge < -0.3 is 24.0 Å². The van der Waals surface area contributed by atoms with Crippen molar-refractivity contribution in [2.75, 3.05) is 45.7 Å². The minimum absolute atomic E-state index is 0.0547. The number of hydrogen-bond donors (Lipinski definition) is 0. The van der Waals surface area contributed by atoms with Gasteiger partial charge >= 0.3 is 0 Å². The number of nitrogens with zero attached hydrogens (tertiary/aromatic N) is 4. The molecule has 7 nitrogen and oxygen atoms in total. The van der Waals surface area contributed by atoms with E-state index in [1.807, 2.05) is 67.5 Å². The Labute approximate surface area is 224 Å². The lowest BCUT2D eigenvalue weighted by Gasteiger charge is -2.30. The van der Waals surface area contributed by atoms with Crippen LogP contribution in [0.2, 0.25) is 0 Å². The van der Waals surface area contributed by atoms with Crippen LogP contribution in [0.5, 0.6) is 5.75 Å². The van der Waals surface area contributed by atoms with E-state index in [-0.39, 0.29) is 5.91 Å². The van der Waals surface area contributed by atoms with Gasteiger partial charge in [-0.05, 0) is 49.8 Å². The maximum Gasteiger partial charge on any atom is 0.254 e. The number of carbonyl (C=O) groups is 1. The summed E-state index contributed by atoms with van der Waals surface area (Å²) in [5, 5.41) is 4.54. The van der Waals surface area contributed by atoms with Gasteiger partial charge in [0.05, 0.1) is 19.2 Å². The van der Waals surface area contributed by atoms with Gasteiger partial charge in [0.15, 0.2) is 0 Å². The fourth-order valence-corrected chi connectivity index (χ4v) is 4.89. The number of fused-ring (bicyclic) bond motifs is 1. The summed E-state index contributed by atoms with van der Waals surface area (Å²) in [7, 11) is 5.64. The third kappa shape index (κ3) is 5.58. The normalized spacial score (nSPS) is 12.9. The fraction of sp³-hybridized carbons (Fsp3) is 0.290. The molecular formula is C31H34N4O3. The van der Waals surface area contributed by atoms with Crippen molar-refractivity contribution in [2.24, 2.45) is 0 Å². The highest BCUT2D eigenvalue weighted by atomic mass is 16.5. The van der Waals surface area contributed by atoms with Gasteiger partial charge in [-0.1, -0.05) is 65.8 Å². The van der Waals surface area contributed by atoms with Crippen molar-refractivity contribution in [2.45, 2.75) is 19.5 Å². The Bertz CT molecular complexity index is 1380. The molecule has 0 unspecified atom stereocenters. The first-order valence-corrected chi connectivity index (χ1v) is 13.0. The first-order valence-electron chi connectivity index (χ1n) is 13.0. The second-order valence-electron chi connectivity index (χ2n) is 9.88. The van der Waals surface area contributed by atoms with E-state index >= 15 is 0 Å². The standard InChI is InChI=1S/C31H34N4O3/c1-33(2)18-19-34(30(36)25-14-9-15-27(20-25)37-3)22-28-29(24-11-5-4-6-12-24)32-38-31(28)35-17-16-23-10-7-8-13-26(23)21-35/h4-15,20H,16-19,21-22H2,1-3H3. The van der Waals surface area contributed by atoms with Crippen LogP contribution in [0.15, 0.2) is 83.4 Å². The highest BCUT2D eigenvalue weighted by molar-refractivity contribution is 5.94. The second kappa shape index (κ2) is 11.5. The second-order valence-corrected chi connectivity index (χ2v) is 9.88. The van der Waals surface area contributed by atoms with E-state index in [0.717, 1.165) is 48.8 Å². The molecule has 4 aromatic rings. The maximum atomic E-state index is 13.8. The molecule has 3 aromatic carbocycles. The Morgan fingerprint density at radius 2 is 1.74 bits per heavy atom. The van der Waals surface area contributed by atoms with Crippen molar-refractivity contribution >= 4 is 11.8 Å². The zero-order valence-corrected chi connectivity index (χ0v) is 22.3. The Kier molecular flexibility index (Phi) is 7.75. The molecule has 0 bridgehead atoms. The van der Waals surface area contributed by atoms with Crippen LogP contribution in [0.25, 0.3) is 11.3 Å². The van der Waals surface area contributed by atoms with Gasteiger partial charge in [0.1, 0.15) is 11.4 Å². The number of methoxy groups -OCH3 is 1. The number of benzene rings is 3. The summed E-state index contributed by atoms with van der Waals surface area (Å²) < 4.78 is 11.4. The number of aromatic nitrogens is 1. The molecular weight excluding hydrogens is 476 g/mol. The molecule has 0 saturated heterocycles. The molecule has 5 rings (SSSR count). The van der Waals surface area contributed by atoms with Crippen LogP contribution >= 0.6 is 0 Å². The van der Waals surface area contributed by atoms with E-state index in [1.54, 1.807) is 13.2 Å². The lowest BCUT2D eigenvalue weighted by molar-refractivity contribution is 0.0732. The van der Waals surface area contributed by atoms with Crippen molar-refractivity contribution in [3.05, 3.63) is 101 Å². The first kappa shape index (κ1) is 25.5. The summed E-state index contributed by atoms with van der Waals surface area (Å²) in [6.45, 7) is 3.24. The Hall–Kier alpha value is -4.10. The molecule has 1 aliphatic heterocycles. The lowest BCUT2D eigenvalue weighted by atomic mass is 9.99. The Morgan fingerprint density at radius 3 is 2.50 bits per heavy atom. The number of anilines is 1. The molecule has 1 aliphatic rings. The number of likely N-dealkylation sites (N-methyl/N-ethyl adjacent to an activating group) is 1. The van der Waals surface area contributed by atoms with E-state index < -0.39 is 0 Å². The molecule has 1 amide bonds. The summed E-state index contributed by atoms with van der Waals surface area (Å²) in [5.41, 5.74) is 5.91. The molecule has 1 aromatic heterocycles. The average Bonchev–Trinajstić information content (AvgIpc) is 3.38. The molecule has 0 spiro atoms. The van der Waals surface area contributed by atoms with Crippen LogP contribution in [0.3, 0.4) is 0 Å². The summed E-state index contributed by atoms with van der Waals surface area (Å²) in [5.74, 6) is 1.33. The summed E-state index contributed by atoms with van der Waals surface area (Å²) in [6.07, 6.45) is 0.935. The summed E-state index contributed by atoms with van der Waals surface area (Å²) >= 11 is 0. The zero-order valence-electron chi connectivity index (χ0n) is 22.3. The van der Waals surface area contributed by atoms with Crippen molar-refractivity contribution in [3.63, 3.8) is 0 Å². The van der Waals surface area contributed by atoms with Gasteiger partial charge in [-0.3, -0.25) is 4.79 Å². The minimum atomic E-state index is -0.0547. The van der Waals surface area contributed by atoms with Crippen LogP contribution < -0.4 is 9.64 Å². The van der Waals surface area contributed by atoms with Crippen molar-refractivity contribution < 1.29 is 14.1 Å². The van der Waals surface area contributed by atoms with Crippen LogP contribution in [0, 0.1) is 0 Å². The molecule has 0 aliphatic carbocycles. The molecule has 0 radical (unpaired) electrons. The fourth-order valence-electron chi connectivity index (χ4n) is 4.89. The van der Waals surface area contributed by atoms with Crippen LogP contribution in [0.1, 0.15) is 27.0 Å². The van der Waals surface area contributed by atoms with Gasteiger partial charge in [0.25, 0.3) is 5.91 Å². The number of carbonyl (C=O) groups excluding carboxylic acids is 1. The third-order valence-corrected chi connectivity index (χ3v) is 7.00. The highest BCUT2D eigenvalue weighted by Crippen LogP contribution is 2.35. The SMILES string of the molecule is COc1cccc(C(=O)N(CCN(C)C)Cc2c(-c3ccccc3)noc2N2CCc3ccccc3C2)c1. The number of amides is 1. The molecule has 0 fully saturated rings. The predicted molar refractivity (Wildman–Crippen MR) is 149 cm³/mol. The van der Waals surface area contributed by atoms with E-state index in [9.17, 15) is 4.79 Å². The average molecular weight is 511 g/mol. The molecule has 0 N–H and O–H groups in total. The summed E-state index contributed by atoms with van der Waals surface area (Å²) in [4.78, 5) is 20.1. The van der Waals surface area contributed by atoms with Crippen LogP contribution in [-0.2, 0) is 19.5 Å². The Morgan fingerprint density at radius 1 is 0.974 bits per heavy atom. The maximum absolute atomic E-state index is 13.8.